The van der Waals surface area contributed by atoms with E-state index in [2.05, 4.69) is 4.90 Å². The van der Waals surface area contributed by atoms with E-state index in [1.807, 2.05) is 13.1 Å². The number of aliphatic hydroxyl groups excluding tert-OH is 1. The summed E-state index contributed by atoms with van der Waals surface area (Å²) < 4.78 is 0. The van der Waals surface area contributed by atoms with Gasteiger partial charge in [-0.05, 0) is 37.6 Å². The van der Waals surface area contributed by atoms with Crippen LogP contribution in [-0.2, 0) is 6.54 Å². The van der Waals surface area contributed by atoms with Crippen LogP contribution in [0.2, 0.25) is 0 Å². The largest absolute Gasteiger partial charge is 0.478 e. The molecule has 1 aromatic rings. The van der Waals surface area contributed by atoms with E-state index in [0.29, 0.717) is 12.1 Å². The van der Waals surface area contributed by atoms with E-state index in [-0.39, 0.29) is 12.1 Å². The number of aromatic carboxylic acids is 1. The van der Waals surface area contributed by atoms with E-state index in [0.717, 1.165) is 31.2 Å². The summed E-state index contributed by atoms with van der Waals surface area (Å²) in [6, 6.07) is 7.18. The number of nitrogens with zero attached hydrogens (tertiary/aromatic N) is 1. The topological polar surface area (TPSA) is 60.8 Å². The fourth-order valence-electron chi connectivity index (χ4n) is 2.81. The molecule has 1 fully saturated rings. The van der Waals surface area contributed by atoms with Crippen molar-refractivity contribution in [3.8, 4) is 0 Å². The summed E-state index contributed by atoms with van der Waals surface area (Å²) in [5.41, 5.74) is 1.29. The van der Waals surface area contributed by atoms with Crippen LogP contribution in [-0.4, -0.2) is 40.3 Å². The lowest BCUT2D eigenvalue weighted by Gasteiger charge is -2.35. The Hall–Kier alpha value is -1.39. The summed E-state index contributed by atoms with van der Waals surface area (Å²) >= 11 is 0. The van der Waals surface area contributed by atoms with E-state index < -0.39 is 5.97 Å². The quantitative estimate of drug-likeness (QED) is 0.873. The molecule has 4 heteroatoms. The summed E-state index contributed by atoms with van der Waals surface area (Å²) in [6.07, 6.45) is 3.86. The molecular weight excluding hydrogens is 242 g/mol. The van der Waals surface area contributed by atoms with Crippen molar-refractivity contribution >= 4 is 5.97 Å². The molecule has 0 amide bonds. The third kappa shape index (κ3) is 3.55. The minimum Gasteiger partial charge on any atom is -0.478 e. The number of benzene rings is 1. The van der Waals surface area contributed by atoms with Gasteiger partial charge in [0.25, 0.3) is 0 Å². The minimum absolute atomic E-state index is 0.183. The van der Waals surface area contributed by atoms with E-state index in [4.69, 9.17) is 5.11 Å². The highest BCUT2D eigenvalue weighted by Crippen LogP contribution is 2.23. The van der Waals surface area contributed by atoms with Crippen LogP contribution in [0.3, 0.4) is 0 Å². The predicted molar refractivity (Wildman–Crippen MR) is 73.1 cm³/mol. The van der Waals surface area contributed by atoms with Gasteiger partial charge in [-0.1, -0.05) is 25.0 Å². The van der Waals surface area contributed by atoms with Crippen LogP contribution < -0.4 is 0 Å². The van der Waals surface area contributed by atoms with E-state index in [9.17, 15) is 9.90 Å². The van der Waals surface area contributed by atoms with Crippen molar-refractivity contribution in [1.29, 1.82) is 0 Å². The molecule has 0 heterocycles. The van der Waals surface area contributed by atoms with Gasteiger partial charge in [-0.15, -0.1) is 0 Å². The number of likely N-dealkylation sites (N-methyl/N-ethyl adjacent to an activating group) is 1. The molecule has 4 nitrogen and oxygen atoms in total. The van der Waals surface area contributed by atoms with Crippen LogP contribution in [0.25, 0.3) is 0 Å². The number of hydrogen-bond acceptors (Lipinski definition) is 3. The third-order valence-corrected chi connectivity index (χ3v) is 3.87. The average molecular weight is 263 g/mol. The van der Waals surface area contributed by atoms with Gasteiger partial charge in [0, 0.05) is 12.6 Å². The maximum Gasteiger partial charge on any atom is 0.335 e. The lowest BCUT2D eigenvalue weighted by atomic mass is 9.91. The molecule has 0 radical (unpaired) electrons. The SMILES string of the molecule is CN(Cc1cccc(C(=O)O)c1)C1CCCCC1O. The maximum atomic E-state index is 10.9. The highest BCUT2D eigenvalue weighted by molar-refractivity contribution is 5.87. The third-order valence-electron chi connectivity index (χ3n) is 3.87. The monoisotopic (exact) mass is 263 g/mol. The average Bonchev–Trinajstić information content (AvgIpc) is 2.39. The second-order valence-corrected chi connectivity index (χ2v) is 5.34. The molecule has 0 aliphatic heterocycles. The first-order valence-electron chi connectivity index (χ1n) is 6.78. The molecule has 2 rings (SSSR count). The Morgan fingerprint density at radius 2 is 2.11 bits per heavy atom. The smallest absolute Gasteiger partial charge is 0.335 e. The summed E-state index contributed by atoms with van der Waals surface area (Å²) in [5, 5.41) is 19.0. The van der Waals surface area contributed by atoms with Crippen LogP contribution in [0.1, 0.15) is 41.6 Å². The predicted octanol–water partition coefficient (Wildman–Crippen LogP) is 2.12. The summed E-state index contributed by atoms with van der Waals surface area (Å²) in [7, 11) is 1.99. The van der Waals surface area contributed by atoms with Crippen LogP contribution in [0.4, 0.5) is 0 Å². The zero-order valence-corrected chi connectivity index (χ0v) is 11.2. The Labute approximate surface area is 113 Å². The Kier molecular flexibility index (Phi) is 4.56. The van der Waals surface area contributed by atoms with Crippen molar-refractivity contribution in [3.63, 3.8) is 0 Å². The van der Waals surface area contributed by atoms with Crippen molar-refractivity contribution in [2.45, 2.75) is 44.4 Å². The number of hydrogen-bond donors (Lipinski definition) is 2. The molecule has 0 aromatic heterocycles. The first-order valence-corrected chi connectivity index (χ1v) is 6.78. The van der Waals surface area contributed by atoms with Crippen LogP contribution in [0.15, 0.2) is 24.3 Å². The van der Waals surface area contributed by atoms with E-state index in [1.54, 1.807) is 18.2 Å². The number of rotatable bonds is 4. The van der Waals surface area contributed by atoms with Crippen LogP contribution in [0.5, 0.6) is 0 Å². The molecule has 0 bridgehead atoms. The zero-order valence-electron chi connectivity index (χ0n) is 11.2. The Morgan fingerprint density at radius 1 is 1.37 bits per heavy atom. The van der Waals surface area contributed by atoms with Crippen molar-refractivity contribution in [2.24, 2.45) is 0 Å². The number of aliphatic hydroxyl groups is 1. The van der Waals surface area contributed by atoms with E-state index >= 15 is 0 Å². The molecule has 1 aromatic carbocycles. The molecule has 0 saturated heterocycles. The normalized spacial score (nSPS) is 23.5. The second kappa shape index (κ2) is 6.17. The molecule has 2 unspecified atom stereocenters. The molecule has 19 heavy (non-hydrogen) atoms. The zero-order chi connectivity index (χ0) is 13.8. The van der Waals surface area contributed by atoms with Gasteiger partial charge in [0.15, 0.2) is 0 Å². The van der Waals surface area contributed by atoms with E-state index in [1.165, 1.54) is 0 Å². The number of carboxylic acid groups (broad SMARTS) is 1. The van der Waals surface area contributed by atoms with Gasteiger partial charge in [-0.2, -0.15) is 0 Å². The fraction of sp³-hybridized carbons (Fsp3) is 0.533. The van der Waals surface area contributed by atoms with Gasteiger partial charge >= 0.3 is 5.97 Å². The van der Waals surface area contributed by atoms with Crippen LogP contribution >= 0.6 is 0 Å². The molecule has 1 aliphatic carbocycles. The van der Waals surface area contributed by atoms with Gasteiger partial charge in [0.05, 0.1) is 11.7 Å². The Morgan fingerprint density at radius 3 is 2.79 bits per heavy atom. The molecular formula is C15H21NO3. The van der Waals surface area contributed by atoms with Crippen LogP contribution in [0, 0.1) is 0 Å². The molecule has 2 N–H and O–H groups in total. The first-order chi connectivity index (χ1) is 9.08. The number of carboxylic acids is 1. The second-order valence-electron chi connectivity index (χ2n) is 5.34. The standard InChI is InChI=1S/C15H21NO3/c1-16(13-7-2-3-8-14(13)17)10-11-5-4-6-12(9-11)15(18)19/h4-6,9,13-14,17H,2-3,7-8,10H2,1H3,(H,18,19). The molecule has 2 atom stereocenters. The summed E-state index contributed by atoms with van der Waals surface area (Å²) in [6.45, 7) is 0.669. The van der Waals surface area contributed by atoms with Crippen molar-refractivity contribution < 1.29 is 15.0 Å². The van der Waals surface area contributed by atoms with Crippen molar-refractivity contribution in [1.82, 2.24) is 4.90 Å². The molecule has 104 valence electrons. The Bertz CT molecular complexity index is 447. The molecule has 1 saturated carbocycles. The maximum absolute atomic E-state index is 10.9. The van der Waals surface area contributed by atoms with Gasteiger partial charge in [0.1, 0.15) is 0 Å². The fourth-order valence-corrected chi connectivity index (χ4v) is 2.81. The Balaban J connectivity index is 2.03. The highest BCUT2D eigenvalue weighted by Gasteiger charge is 2.26. The highest BCUT2D eigenvalue weighted by atomic mass is 16.4. The number of carbonyl (C=O) groups is 1. The van der Waals surface area contributed by atoms with Gasteiger partial charge in [-0.3, -0.25) is 4.90 Å². The lowest BCUT2D eigenvalue weighted by molar-refractivity contribution is 0.0288. The summed E-state index contributed by atoms with van der Waals surface area (Å²) in [5.74, 6) is -0.901. The molecule has 0 spiro atoms. The van der Waals surface area contributed by atoms with Gasteiger partial charge in [0.2, 0.25) is 0 Å². The lowest BCUT2D eigenvalue weighted by Crippen LogP contribution is -2.42. The molecule has 1 aliphatic rings. The first kappa shape index (κ1) is 14.0. The van der Waals surface area contributed by atoms with Gasteiger partial charge < -0.3 is 10.2 Å². The minimum atomic E-state index is -0.901. The van der Waals surface area contributed by atoms with Crippen molar-refractivity contribution in [2.75, 3.05) is 7.05 Å². The summed E-state index contributed by atoms with van der Waals surface area (Å²) in [4.78, 5) is 13.1. The van der Waals surface area contributed by atoms with Crippen molar-refractivity contribution in [3.05, 3.63) is 35.4 Å². The van der Waals surface area contributed by atoms with Gasteiger partial charge in [-0.25, -0.2) is 4.79 Å².